The Morgan fingerprint density at radius 1 is 1.38 bits per heavy atom. The lowest BCUT2D eigenvalue weighted by Gasteiger charge is -2.29. The quantitative estimate of drug-likeness (QED) is 0.926. The number of fused-ring (bicyclic) bond motifs is 1. The highest BCUT2D eigenvalue weighted by Gasteiger charge is 2.25. The Morgan fingerprint density at radius 2 is 2.10 bits per heavy atom. The fraction of sp³-hybridized carbons (Fsp3) is 0.471. The first-order chi connectivity index (χ1) is 10.1. The maximum atomic E-state index is 6.52. The predicted octanol–water partition coefficient (Wildman–Crippen LogP) is 3.17. The molecule has 0 saturated heterocycles. The molecule has 1 aromatic carbocycles. The minimum Gasteiger partial charge on any atom is -0.327 e. The van der Waals surface area contributed by atoms with Gasteiger partial charge in [-0.3, -0.25) is 4.68 Å². The maximum Gasteiger partial charge on any atom is 0.0738 e. The van der Waals surface area contributed by atoms with Crippen LogP contribution in [0, 0.1) is 12.8 Å². The molecular weight excluding hydrogens is 326 g/mol. The molecule has 21 heavy (non-hydrogen) atoms. The number of aromatic nitrogens is 2. The Hall–Kier alpha value is -1.13. The zero-order valence-corrected chi connectivity index (χ0v) is 14.2. The average molecular weight is 348 g/mol. The van der Waals surface area contributed by atoms with Crippen molar-refractivity contribution in [3.63, 3.8) is 0 Å². The van der Waals surface area contributed by atoms with Gasteiger partial charge in [-0.25, -0.2) is 0 Å². The van der Waals surface area contributed by atoms with Crippen LogP contribution in [0.3, 0.4) is 0 Å². The van der Waals surface area contributed by atoms with Crippen LogP contribution in [0.4, 0.5) is 0 Å². The third kappa shape index (κ3) is 2.92. The molecule has 1 aliphatic rings. The fourth-order valence-electron chi connectivity index (χ4n) is 3.38. The molecule has 0 radical (unpaired) electrons. The summed E-state index contributed by atoms with van der Waals surface area (Å²) in [6.45, 7) is 2.02. The van der Waals surface area contributed by atoms with Gasteiger partial charge in [-0.2, -0.15) is 5.10 Å². The first-order valence-corrected chi connectivity index (χ1v) is 8.36. The molecule has 0 fully saturated rings. The monoisotopic (exact) mass is 347 g/mol. The van der Waals surface area contributed by atoms with Crippen LogP contribution in [0.25, 0.3) is 0 Å². The average Bonchev–Trinajstić information content (AvgIpc) is 2.73. The minimum atomic E-state index is 0.185. The zero-order valence-electron chi connectivity index (χ0n) is 12.6. The topological polar surface area (TPSA) is 43.8 Å². The van der Waals surface area contributed by atoms with Crippen LogP contribution in [-0.2, 0) is 26.3 Å². The van der Waals surface area contributed by atoms with Crippen molar-refractivity contribution in [3.05, 3.63) is 51.3 Å². The van der Waals surface area contributed by atoms with E-state index in [1.54, 1.807) is 0 Å². The molecule has 2 N–H and O–H groups in total. The number of hydrogen-bond donors (Lipinski definition) is 1. The van der Waals surface area contributed by atoms with Gasteiger partial charge >= 0.3 is 0 Å². The summed E-state index contributed by atoms with van der Waals surface area (Å²) in [6.07, 6.45) is 4.32. The second-order valence-electron chi connectivity index (χ2n) is 6.11. The van der Waals surface area contributed by atoms with E-state index in [4.69, 9.17) is 5.73 Å². The van der Waals surface area contributed by atoms with E-state index in [0.29, 0.717) is 5.92 Å². The van der Waals surface area contributed by atoms with Crippen molar-refractivity contribution >= 4 is 15.9 Å². The van der Waals surface area contributed by atoms with E-state index in [1.165, 1.54) is 23.2 Å². The Balaban J connectivity index is 1.73. The van der Waals surface area contributed by atoms with Gasteiger partial charge in [0.05, 0.1) is 15.9 Å². The van der Waals surface area contributed by atoms with Gasteiger partial charge in [0.15, 0.2) is 0 Å². The zero-order chi connectivity index (χ0) is 15.0. The highest BCUT2D eigenvalue weighted by Crippen LogP contribution is 2.29. The van der Waals surface area contributed by atoms with E-state index in [1.807, 2.05) is 18.7 Å². The summed E-state index contributed by atoms with van der Waals surface area (Å²) in [5.41, 5.74) is 11.7. The highest BCUT2D eigenvalue weighted by atomic mass is 79.9. The number of nitrogens with two attached hydrogens (primary N) is 1. The Bertz CT molecular complexity index is 647. The molecule has 1 heterocycles. The first-order valence-electron chi connectivity index (χ1n) is 7.56. The molecule has 3 nitrogen and oxygen atoms in total. The Morgan fingerprint density at radius 3 is 2.76 bits per heavy atom. The SMILES string of the molecule is Cc1nn(C)c(CC(N)C2CCc3ccccc3C2)c1Br. The van der Waals surface area contributed by atoms with E-state index >= 15 is 0 Å². The number of halogens is 1. The second kappa shape index (κ2) is 5.93. The molecule has 0 spiro atoms. The summed E-state index contributed by atoms with van der Waals surface area (Å²) in [7, 11) is 2.00. The van der Waals surface area contributed by atoms with Crippen LogP contribution in [0.2, 0.25) is 0 Å². The molecule has 2 atom stereocenters. The van der Waals surface area contributed by atoms with Crippen LogP contribution in [0.1, 0.15) is 28.9 Å². The third-order valence-corrected chi connectivity index (χ3v) is 5.71. The van der Waals surface area contributed by atoms with E-state index in [0.717, 1.165) is 29.4 Å². The van der Waals surface area contributed by atoms with Crippen LogP contribution < -0.4 is 5.73 Å². The predicted molar refractivity (Wildman–Crippen MR) is 89.3 cm³/mol. The van der Waals surface area contributed by atoms with Gasteiger partial charge in [-0.1, -0.05) is 24.3 Å². The summed E-state index contributed by atoms with van der Waals surface area (Å²) in [5.74, 6) is 0.557. The molecule has 3 rings (SSSR count). The van der Waals surface area contributed by atoms with Crippen molar-refractivity contribution in [3.8, 4) is 0 Å². The summed E-state index contributed by atoms with van der Waals surface area (Å²) in [6, 6.07) is 8.95. The Kier molecular flexibility index (Phi) is 4.18. The number of benzene rings is 1. The molecule has 0 bridgehead atoms. The lowest BCUT2D eigenvalue weighted by Crippen LogP contribution is -2.36. The van der Waals surface area contributed by atoms with E-state index in [-0.39, 0.29) is 6.04 Å². The van der Waals surface area contributed by atoms with Crippen molar-refractivity contribution in [2.24, 2.45) is 18.7 Å². The molecule has 112 valence electrons. The van der Waals surface area contributed by atoms with E-state index < -0.39 is 0 Å². The van der Waals surface area contributed by atoms with Gasteiger partial charge in [-0.15, -0.1) is 0 Å². The largest absolute Gasteiger partial charge is 0.327 e. The van der Waals surface area contributed by atoms with Gasteiger partial charge in [0.1, 0.15) is 0 Å². The normalized spacial score (nSPS) is 19.3. The van der Waals surface area contributed by atoms with Gasteiger partial charge in [-0.05, 0) is 59.2 Å². The van der Waals surface area contributed by atoms with Gasteiger partial charge in [0.2, 0.25) is 0 Å². The molecule has 2 unspecified atom stereocenters. The number of nitrogens with zero attached hydrogens (tertiary/aromatic N) is 2. The first kappa shape index (κ1) is 14.8. The molecular formula is C17H22BrN3. The highest BCUT2D eigenvalue weighted by molar-refractivity contribution is 9.10. The van der Waals surface area contributed by atoms with E-state index in [2.05, 4.69) is 45.3 Å². The molecule has 2 aromatic rings. The number of rotatable bonds is 3. The smallest absolute Gasteiger partial charge is 0.0738 e. The fourth-order valence-corrected chi connectivity index (χ4v) is 3.88. The summed E-state index contributed by atoms with van der Waals surface area (Å²) < 4.78 is 3.06. The third-order valence-electron chi connectivity index (χ3n) is 4.68. The molecule has 0 aliphatic heterocycles. The van der Waals surface area contributed by atoms with Crippen molar-refractivity contribution in [2.75, 3.05) is 0 Å². The van der Waals surface area contributed by atoms with Crippen molar-refractivity contribution in [1.82, 2.24) is 9.78 Å². The molecule has 1 aromatic heterocycles. The lowest BCUT2D eigenvalue weighted by atomic mass is 9.79. The van der Waals surface area contributed by atoms with Gasteiger partial charge < -0.3 is 5.73 Å². The van der Waals surface area contributed by atoms with Crippen molar-refractivity contribution in [1.29, 1.82) is 0 Å². The number of hydrogen-bond acceptors (Lipinski definition) is 2. The lowest BCUT2D eigenvalue weighted by molar-refractivity contribution is 0.367. The number of aryl methyl sites for hydroxylation is 3. The molecule has 4 heteroatoms. The van der Waals surface area contributed by atoms with Gasteiger partial charge in [0.25, 0.3) is 0 Å². The van der Waals surface area contributed by atoms with Crippen LogP contribution in [-0.4, -0.2) is 15.8 Å². The van der Waals surface area contributed by atoms with Crippen LogP contribution in [0.5, 0.6) is 0 Å². The Labute approximate surface area is 134 Å². The van der Waals surface area contributed by atoms with E-state index in [9.17, 15) is 0 Å². The standard InChI is InChI=1S/C17H22BrN3/c1-11-17(18)16(21(2)20-11)10-15(19)14-8-7-12-5-3-4-6-13(12)9-14/h3-6,14-15H,7-10,19H2,1-2H3. The molecule has 1 aliphatic carbocycles. The van der Waals surface area contributed by atoms with Gasteiger partial charge in [0, 0.05) is 19.5 Å². The summed E-state index contributed by atoms with van der Waals surface area (Å²) >= 11 is 3.64. The molecule has 0 saturated carbocycles. The van der Waals surface area contributed by atoms with Crippen molar-refractivity contribution in [2.45, 2.75) is 38.6 Å². The summed E-state index contributed by atoms with van der Waals surface area (Å²) in [4.78, 5) is 0. The van der Waals surface area contributed by atoms with Crippen LogP contribution >= 0.6 is 15.9 Å². The minimum absolute atomic E-state index is 0.185. The second-order valence-corrected chi connectivity index (χ2v) is 6.90. The van der Waals surface area contributed by atoms with Crippen molar-refractivity contribution < 1.29 is 0 Å². The van der Waals surface area contributed by atoms with Crippen LogP contribution in [0.15, 0.2) is 28.7 Å². The summed E-state index contributed by atoms with van der Waals surface area (Å²) in [5, 5.41) is 4.46. The molecule has 0 amide bonds. The maximum absolute atomic E-state index is 6.52.